The molecule has 354 valence electrons. The summed E-state index contributed by atoms with van der Waals surface area (Å²) in [6.07, 6.45) is 1.09. The summed E-state index contributed by atoms with van der Waals surface area (Å²) in [5, 5.41) is 33.0. The van der Waals surface area contributed by atoms with Gasteiger partial charge in [-0.15, -0.1) is 0 Å². The van der Waals surface area contributed by atoms with Gasteiger partial charge in [-0.25, -0.2) is 8.78 Å². The average Bonchev–Trinajstić information content (AvgIpc) is 3.53. The number of benzene rings is 2. The number of halogens is 2. The molecule has 8 rings (SSSR count). The van der Waals surface area contributed by atoms with Crippen molar-refractivity contribution in [3.8, 4) is 0 Å². The number of likely N-dealkylation sites (tertiary alicyclic amines) is 2. The van der Waals surface area contributed by atoms with Crippen LogP contribution < -0.4 is 31.9 Å². The van der Waals surface area contributed by atoms with Gasteiger partial charge in [-0.1, -0.05) is 6.07 Å². The number of piperidine rings is 2. The molecule has 3 fully saturated rings. The molecule has 3 unspecified atom stereocenters. The van der Waals surface area contributed by atoms with Crippen LogP contribution in [0.3, 0.4) is 0 Å². The van der Waals surface area contributed by atoms with Crippen molar-refractivity contribution in [3.63, 3.8) is 0 Å². The van der Waals surface area contributed by atoms with Gasteiger partial charge in [-0.3, -0.25) is 44.5 Å². The minimum Gasteiger partial charge on any atom is -0.394 e. The second-order valence-corrected chi connectivity index (χ2v) is 18.4. The topological polar surface area (TPSA) is 220 Å². The molecule has 0 aromatic heterocycles. The van der Waals surface area contributed by atoms with E-state index in [2.05, 4.69) is 26.2 Å². The molecule has 0 bridgehead atoms. The van der Waals surface area contributed by atoms with Crippen molar-refractivity contribution >= 4 is 52.3 Å². The maximum atomic E-state index is 14.7. The third-order valence-electron chi connectivity index (χ3n) is 13.9. The van der Waals surface area contributed by atoms with Gasteiger partial charge in [0, 0.05) is 136 Å². The number of aliphatic hydroxyl groups is 1. The third kappa shape index (κ3) is 9.37. The van der Waals surface area contributed by atoms with E-state index < -0.39 is 42.5 Å². The van der Waals surface area contributed by atoms with Crippen LogP contribution in [0.1, 0.15) is 97.6 Å². The molecule has 5 amide bonds. The Bertz CT molecular complexity index is 2340. The van der Waals surface area contributed by atoms with E-state index in [1.807, 2.05) is 4.90 Å². The number of rotatable bonds is 13. The lowest BCUT2D eigenvalue weighted by molar-refractivity contribution is -0.140. The third-order valence-corrected chi connectivity index (χ3v) is 13.9. The van der Waals surface area contributed by atoms with Crippen LogP contribution in [0.15, 0.2) is 47.8 Å². The molecule has 0 saturated carbocycles. The maximum absolute atomic E-state index is 14.7. The molecule has 6 heterocycles. The Morgan fingerprint density at radius 3 is 2.47 bits per heavy atom. The van der Waals surface area contributed by atoms with Crippen LogP contribution in [0.25, 0.3) is 5.57 Å². The van der Waals surface area contributed by atoms with Crippen molar-refractivity contribution in [2.75, 3.05) is 76.2 Å². The van der Waals surface area contributed by atoms with E-state index in [1.165, 1.54) is 13.0 Å². The highest BCUT2D eigenvalue weighted by Crippen LogP contribution is 2.41. The van der Waals surface area contributed by atoms with E-state index in [-0.39, 0.29) is 54.6 Å². The van der Waals surface area contributed by atoms with Gasteiger partial charge in [-0.2, -0.15) is 0 Å². The van der Waals surface area contributed by atoms with E-state index in [9.17, 15) is 43.3 Å². The predicted molar refractivity (Wildman–Crippen MR) is 244 cm³/mol. The van der Waals surface area contributed by atoms with Gasteiger partial charge in [0.05, 0.1) is 13.1 Å². The molecule has 0 aliphatic carbocycles. The lowest BCUT2D eigenvalue weighted by Crippen LogP contribution is -2.55. The zero-order valence-electron chi connectivity index (χ0n) is 37.8. The fourth-order valence-electron chi connectivity index (χ4n) is 10.3. The summed E-state index contributed by atoms with van der Waals surface area (Å²) >= 11 is 0. The minimum atomic E-state index is -2.76. The molecule has 6 aliphatic heterocycles. The Balaban J connectivity index is 0.856. The van der Waals surface area contributed by atoms with Crippen molar-refractivity contribution in [3.05, 3.63) is 75.6 Å². The number of hydrogen-bond donors (Lipinski definition) is 7. The number of fused-ring (bicyclic) bond motifs is 2. The molecular weight excluding hydrogens is 853 g/mol. The zero-order chi connectivity index (χ0) is 47.0. The fourth-order valence-corrected chi connectivity index (χ4v) is 10.3. The number of anilines is 2. The summed E-state index contributed by atoms with van der Waals surface area (Å²) in [5.74, 6) is -1.09. The molecule has 19 heteroatoms. The molecule has 3 saturated heterocycles. The molecule has 2 aromatic rings. The lowest BCUT2D eigenvalue weighted by Gasteiger charge is -2.41. The number of amides is 5. The number of hydrogen-bond acceptors (Lipinski definition) is 12. The summed E-state index contributed by atoms with van der Waals surface area (Å²) in [4.78, 5) is 72.3. The van der Waals surface area contributed by atoms with E-state index >= 15 is 0 Å². The average molecular weight is 914 g/mol. The van der Waals surface area contributed by atoms with Gasteiger partial charge in [0.15, 0.2) is 6.23 Å². The number of nitrogens with zero attached hydrogens (tertiary/aromatic N) is 5. The Hall–Kier alpha value is -5.92. The summed E-state index contributed by atoms with van der Waals surface area (Å²) in [6.45, 7) is 7.84. The first-order valence-corrected chi connectivity index (χ1v) is 23.0. The van der Waals surface area contributed by atoms with Crippen LogP contribution in [0.4, 0.5) is 20.2 Å². The standard InChI is InChI=1S/C47H61F2N11O6/c1-26(50)34(21-52-3)32-18-29-6-5-14-59(39(29)19-33(32)43(48)49)44(51)35-24-58(27(2)61)17-13-36(35)54-30-11-15-57(16-12-30)41(63)25-56-22-28(23-56)20-53-37-8-4-7-31-42(37)47(66)60(46(31)65)38-9-10-40(62)55-45(38)64/h4,7-8,18-19,21,26,28,30,38,43,47,51-54,66H,5-6,9-17,20,22-25,50H2,1-3H3,(H,55,62,64). The summed E-state index contributed by atoms with van der Waals surface area (Å²) < 4.78 is 29.4. The highest BCUT2D eigenvalue weighted by atomic mass is 19.3. The number of nitrogens with two attached hydrogens (primary N) is 1. The zero-order valence-corrected chi connectivity index (χ0v) is 37.8. The van der Waals surface area contributed by atoms with E-state index in [4.69, 9.17) is 5.73 Å². The number of aryl methyl sites for hydroxylation is 1. The number of aliphatic hydroxyl groups excluding tert-OH is 1. The SMILES string of the molecule is CNC=C(c1cc2c(cc1C(F)F)N(C(=N)C1=C(NC3CCN(C(=O)CN4CC(CNc5cccc6c5C(O)N(C5CCC(=O)NC5=O)C6=O)C4)CC3)CCN(C(C)=O)C1)CCC2)C(C)N. The first kappa shape index (κ1) is 46.6. The molecule has 0 spiro atoms. The van der Waals surface area contributed by atoms with Crippen LogP contribution >= 0.6 is 0 Å². The van der Waals surface area contributed by atoms with Crippen molar-refractivity contribution in [1.29, 1.82) is 5.41 Å². The van der Waals surface area contributed by atoms with Gasteiger partial charge >= 0.3 is 0 Å². The number of nitrogens with one attached hydrogen (secondary N) is 5. The number of alkyl halides is 2. The van der Waals surface area contributed by atoms with Crippen LogP contribution in [0.5, 0.6) is 0 Å². The molecule has 17 nitrogen and oxygen atoms in total. The summed E-state index contributed by atoms with van der Waals surface area (Å²) in [7, 11) is 1.70. The van der Waals surface area contributed by atoms with Crippen LogP contribution in [-0.2, 0) is 25.6 Å². The minimum absolute atomic E-state index is 0.0387. The summed E-state index contributed by atoms with van der Waals surface area (Å²) in [5.41, 5.74) is 11.3. The van der Waals surface area contributed by atoms with Gasteiger partial charge in [0.1, 0.15) is 11.9 Å². The van der Waals surface area contributed by atoms with Crippen molar-refractivity contribution in [2.24, 2.45) is 11.7 Å². The number of carbonyl (C=O) groups is 5. The Kier molecular flexibility index (Phi) is 13.8. The molecule has 2 aromatic carbocycles. The van der Waals surface area contributed by atoms with Gasteiger partial charge in [0.2, 0.25) is 23.6 Å². The monoisotopic (exact) mass is 913 g/mol. The van der Waals surface area contributed by atoms with E-state index in [0.717, 1.165) is 22.6 Å². The first-order chi connectivity index (χ1) is 31.6. The van der Waals surface area contributed by atoms with Crippen LogP contribution in [0.2, 0.25) is 0 Å². The van der Waals surface area contributed by atoms with Crippen molar-refractivity contribution in [1.82, 2.24) is 35.6 Å². The van der Waals surface area contributed by atoms with Gasteiger partial charge in [-0.05, 0) is 80.0 Å². The first-order valence-electron chi connectivity index (χ1n) is 23.0. The highest BCUT2D eigenvalue weighted by Gasteiger charge is 2.45. The number of amidine groups is 1. The fraction of sp³-hybridized carbons (Fsp3) is 0.532. The number of carbonyl (C=O) groups excluding carboxylic acids is 5. The Morgan fingerprint density at radius 1 is 1.03 bits per heavy atom. The summed E-state index contributed by atoms with van der Waals surface area (Å²) in [6, 6.07) is 7.05. The lowest BCUT2D eigenvalue weighted by atomic mass is 9.89. The second-order valence-electron chi connectivity index (χ2n) is 18.4. The van der Waals surface area contributed by atoms with E-state index in [1.54, 1.807) is 54.2 Å². The Labute approximate surface area is 383 Å². The molecule has 8 N–H and O–H groups in total. The molecule has 6 aliphatic rings. The largest absolute Gasteiger partial charge is 0.394 e. The molecule has 3 atom stereocenters. The van der Waals surface area contributed by atoms with Crippen LogP contribution in [0, 0.1) is 11.3 Å². The maximum Gasteiger partial charge on any atom is 0.264 e. The quantitative estimate of drug-likeness (QED) is 0.0877. The van der Waals surface area contributed by atoms with Gasteiger partial charge < -0.3 is 41.5 Å². The molecule has 0 radical (unpaired) electrons. The van der Waals surface area contributed by atoms with Crippen LogP contribution in [-0.4, -0.2) is 144 Å². The highest BCUT2D eigenvalue weighted by molar-refractivity contribution is 6.10. The second kappa shape index (κ2) is 19.5. The molecular formula is C47H61F2N11O6. The van der Waals surface area contributed by atoms with Gasteiger partial charge in [0.25, 0.3) is 12.3 Å². The normalized spacial score (nSPS) is 22.5. The van der Waals surface area contributed by atoms with Crippen molar-refractivity contribution in [2.45, 2.75) is 89.6 Å². The smallest absolute Gasteiger partial charge is 0.264 e. The van der Waals surface area contributed by atoms with Crippen molar-refractivity contribution < 1.29 is 37.9 Å². The predicted octanol–water partition coefficient (Wildman–Crippen LogP) is 2.64. The van der Waals surface area contributed by atoms with E-state index in [0.29, 0.717) is 117 Å². The number of imide groups is 1. The molecule has 66 heavy (non-hydrogen) atoms. The Morgan fingerprint density at radius 2 is 1.79 bits per heavy atom.